The summed E-state index contributed by atoms with van der Waals surface area (Å²) in [5.74, 6) is 0. The largest absolute Gasteiger partial charge is 0.310 e. The molecule has 5 aromatic rings. The molecular weight excluding hydrogens is 470 g/mol. The third-order valence-electron chi connectivity index (χ3n) is 7.72. The van der Waals surface area contributed by atoms with Gasteiger partial charge in [0.25, 0.3) is 0 Å². The van der Waals surface area contributed by atoms with Crippen LogP contribution in [-0.4, -0.2) is 0 Å². The predicted octanol–water partition coefficient (Wildman–Crippen LogP) is 11.1. The number of benzene rings is 5. The van der Waals surface area contributed by atoms with E-state index in [1.54, 1.807) is 5.57 Å². The number of aryl methyl sites for hydroxylation is 1. The van der Waals surface area contributed by atoms with Crippen molar-refractivity contribution in [1.29, 1.82) is 0 Å². The Morgan fingerprint density at radius 3 is 1.79 bits per heavy atom. The molecule has 0 N–H and O–H groups in total. The van der Waals surface area contributed by atoms with Crippen molar-refractivity contribution in [1.82, 2.24) is 0 Å². The van der Waals surface area contributed by atoms with Crippen LogP contribution in [0.4, 0.5) is 17.1 Å². The van der Waals surface area contributed by atoms with Gasteiger partial charge >= 0.3 is 0 Å². The molecule has 0 amide bonds. The molecule has 1 saturated carbocycles. The van der Waals surface area contributed by atoms with Crippen molar-refractivity contribution in [3.05, 3.63) is 143 Å². The van der Waals surface area contributed by atoms with Crippen molar-refractivity contribution in [3.8, 4) is 0 Å². The van der Waals surface area contributed by atoms with Crippen LogP contribution >= 0.6 is 0 Å². The second kappa shape index (κ2) is 11.6. The number of fused-ring (bicyclic) bond motifs is 1. The standard InChI is InChI=1S/C38H35N/c1-29-14-24-35(25-15-29)39(38-13-7-11-34-10-5-6-12-37(34)38)36-26-22-31(23-27-36)17-16-30-18-20-33(21-19-30)28-32-8-3-2-4-9-32/h5-7,10-28H,2-4,8-9H2,1H3. The van der Waals surface area contributed by atoms with Gasteiger partial charge in [0.15, 0.2) is 0 Å². The first-order chi connectivity index (χ1) is 19.2. The van der Waals surface area contributed by atoms with Gasteiger partial charge < -0.3 is 4.90 Å². The molecule has 0 aromatic heterocycles. The molecule has 0 unspecified atom stereocenters. The molecule has 0 bridgehead atoms. The number of rotatable bonds is 6. The number of hydrogen-bond acceptors (Lipinski definition) is 1. The average molecular weight is 506 g/mol. The maximum absolute atomic E-state index is 2.39. The molecule has 1 aliphatic carbocycles. The van der Waals surface area contributed by atoms with Crippen molar-refractivity contribution in [3.63, 3.8) is 0 Å². The van der Waals surface area contributed by atoms with Gasteiger partial charge in [-0.2, -0.15) is 0 Å². The van der Waals surface area contributed by atoms with E-state index in [1.165, 1.54) is 70.8 Å². The third-order valence-corrected chi connectivity index (χ3v) is 7.72. The fourth-order valence-electron chi connectivity index (χ4n) is 5.54. The summed E-state index contributed by atoms with van der Waals surface area (Å²) in [4.78, 5) is 2.36. The number of nitrogens with zero attached hydrogens (tertiary/aromatic N) is 1. The zero-order chi connectivity index (χ0) is 26.4. The molecule has 0 radical (unpaired) electrons. The van der Waals surface area contributed by atoms with Gasteiger partial charge in [-0.1, -0.05) is 121 Å². The summed E-state index contributed by atoms with van der Waals surface area (Å²) in [5.41, 5.74) is 10.1. The second-order valence-corrected chi connectivity index (χ2v) is 10.6. The molecule has 0 aliphatic heterocycles. The first-order valence-corrected chi connectivity index (χ1v) is 14.2. The molecule has 1 aliphatic rings. The lowest BCUT2D eigenvalue weighted by Gasteiger charge is -2.27. The molecule has 6 rings (SSSR count). The Morgan fingerprint density at radius 2 is 1.10 bits per heavy atom. The molecule has 0 heterocycles. The van der Waals surface area contributed by atoms with Crippen molar-refractivity contribution in [2.45, 2.75) is 39.0 Å². The molecule has 1 fully saturated rings. The van der Waals surface area contributed by atoms with Crippen LogP contribution in [0, 0.1) is 6.92 Å². The minimum absolute atomic E-state index is 1.15. The smallest absolute Gasteiger partial charge is 0.0540 e. The lowest BCUT2D eigenvalue weighted by Crippen LogP contribution is -2.10. The SMILES string of the molecule is Cc1ccc(N(c2ccc(C=Cc3ccc(C=C4CCCCC4)cc3)cc2)c2cccc3ccccc23)cc1. The van der Waals surface area contributed by atoms with Crippen LogP contribution in [-0.2, 0) is 0 Å². The normalized spacial score (nSPS) is 13.6. The molecule has 192 valence electrons. The lowest BCUT2D eigenvalue weighted by molar-refractivity contribution is 0.602. The quantitative estimate of drug-likeness (QED) is 0.207. The van der Waals surface area contributed by atoms with Crippen LogP contribution < -0.4 is 4.90 Å². The molecule has 1 heteroatoms. The fourth-order valence-corrected chi connectivity index (χ4v) is 5.54. The monoisotopic (exact) mass is 505 g/mol. The van der Waals surface area contributed by atoms with Crippen LogP contribution in [0.2, 0.25) is 0 Å². The van der Waals surface area contributed by atoms with Gasteiger partial charge in [-0.15, -0.1) is 0 Å². The van der Waals surface area contributed by atoms with Crippen LogP contribution in [0.3, 0.4) is 0 Å². The van der Waals surface area contributed by atoms with Crippen LogP contribution in [0.5, 0.6) is 0 Å². The topological polar surface area (TPSA) is 3.24 Å². The first-order valence-electron chi connectivity index (χ1n) is 14.2. The molecule has 1 nitrogen and oxygen atoms in total. The van der Waals surface area contributed by atoms with Crippen LogP contribution in [0.1, 0.15) is 54.4 Å². The number of hydrogen-bond donors (Lipinski definition) is 0. The first kappa shape index (κ1) is 24.9. The summed E-state index contributed by atoms with van der Waals surface area (Å²) in [5, 5.41) is 2.49. The average Bonchev–Trinajstić information content (AvgIpc) is 2.99. The van der Waals surface area contributed by atoms with Crippen molar-refractivity contribution in [2.24, 2.45) is 0 Å². The van der Waals surface area contributed by atoms with Gasteiger partial charge in [-0.3, -0.25) is 0 Å². The highest BCUT2D eigenvalue weighted by Gasteiger charge is 2.15. The maximum Gasteiger partial charge on any atom is 0.0540 e. The molecule has 39 heavy (non-hydrogen) atoms. The van der Waals surface area contributed by atoms with E-state index >= 15 is 0 Å². The van der Waals surface area contributed by atoms with Crippen molar-refractivity contribution >= 4 is 46.1 Å². The maximum atomic E-state index is 2.39. The summed E-state index contributed by atoms with van der Waals surface area (Å²) in [6, 6.07) is 41.7. The van der Waals surface area contributed by atoms with E-state index in [9.17, 15) is 0 Å². The molecule has 0 spiro atoms. The zero-order valence-electron chi connectivity index (χ0n) is 22.7. The van der Waals surface area contributed by atoms with E-state index in [0.717, 1.165) is 11.4 Å². The van der Waals surface area contributed by atoms with Gasteiger partial charge in [0.2, 0.25) is 0 Å². The highest BCUT2D eigenvalue weighted by Crippen LogP contribution is 2.39. The summed E-state index contributed by atoms with van der Waals surface area (Å²) in [6.45, 7) is 2.13. The molecular formula is C38H35N. The van der Waals surface area contributed by atoms with Gasteiger partial charge in [-0.05, 0) is 85.0 Å². The van der Waals surface area contributed by atoms with Gasteiger partial charge in [-0.25, -0.2) is 0 Å². The Morgan fingerprint density at radius 1 is 0.538 bits per heavy atom. The van der Waals surface area contributed by atoms with E-state index in [2.05, 4.69) is 145 Å². The van der Waals surface area contributed by atoms with Gasteiger partial charge in [0.05, 0.1) is 5.69 Å². The minimum Gasteiger partial charge on any atom is -0.310 e. The van der Waals surface area contributed by atoms with Crippen molar-refractivity contribution < 1.29 is 0 Å². The minimum atomic E-state index is 1.15. The Kier molecular flexibility index (Phi) is 7.41. The number of anilines is 3. The number of allylic oxidation sites excluding steroid dienone is 1. The van der Waals surface area contributed by atoms with Crippen molar-refractivity contribution in [2.75, 3.05) is 4.90 Å². The van der Waals surface area contributed by atoms with Gasteiger partial charge in [0, 0.05) is 16.8 Å². The van der Waals surface area contributed by atoms with E-state index in [-0.39, 0.29) is 0 Å². The van der Waals surface area contributed by atoms with E-state index in [0.29, 0.717) is 0 Å². The third kappa shape index (κ3) is 5.89. The summed E-state index contributed by atoms with van der Waals surface area (Å²) in [6.07, 6.45) is 13.4. The van der Waals surface area contributed by atoms with E-state index in [4.69, 9.17) is 0 Å². The Bertz CT molecular complexity index is 1590. The van der Waals surface area contributed by atoms with E-state index in [1.807, 2.05) is 0 Å². The highest BCUT2D eigenvalue weighted by atomic mass is 15.1. The predicted molar refractivity (Wildman–Crippen MR) is 170 cm³/mol. The van der Waals surface area contributed by atoms with Crippen LogP contribution in [0.25, 0.3) is 29.0 Å². The van der Waals surface area contributed by atoms with Gasteiger partial charge in [0.1, 0.15) is 0 Å². The lowest BCUT2D eigenvalue weighted by atomic mass is 9.93. The molecule has 0 saturated heterocycles. The Labute approximate surface area is 232 Å². The summed E-state index contributed by atoms with van der Waals surface area (Å²) < 4.78 is 0. The second-order valence-electron chi connectivity index (χ2n) is 10.6. The summed E-state index contributed by atoms with van der Waals surface area (Å²) in [7, 11) is 0. The summed E-state index contributed by atoms with van der Waals surface area (Å²) >= 11 is 0. The fraction of sp³-hybridized carbons (Fsp3) is 0.158. The zero-order valence-corrected chi connectivity index (χ0v) is 22.7. The van der Waals surface area contributed by atoms with Crippen LogP contribution in [0.15, 0.2) is 121 Å². The Hall–Kier alpha value is -4.36. The highest BCUT2D eigenvalue weighted by molar-refractivity contribution is 5.98. The van der Waals surface area contributed by atoms with E-state index < -0.39 is 0 Å². The Balaban J connectivity index is 1.26. The molecule has 0 atom stereocenters. The molecule has 5 aromatic carbocycles.